The second-order valence-corrected chi connectivity index (χ2v) is 6.08. The van der Waals surface area contributed by atoms with Crippen LogP contribution in [0.1, 0.15) is 44.9 Å². The number of nitrogens with zero attached hydrogens (tertiary/aromatic N) is 7. The molecule has 0 aromatic carbocycles. The second-order valence-electron chi connectivity index (χ2n) is 6.08. The molecule has 9 heteroatoms. The van der Waals surface area contributed by atoms with Crippen LogP contribution in [0.15, 0.2) is 15.3 Å². The maximum atomic E-state index is 11.8. The van der Waals surface area contributed by atoms with Crippen molar-refractivity contribution >= 4 is 23.2 Å². The Morgan fingerprint density at radius 3 is 2.04 bits per heavy atom. The minimum Gasteiger partial charge on any atom is -0.273 e. The van der Waals surface area contributed by atoms with Crippen molar-refractivity contribution in [2.24, 2.45) is 21.2 Å². The molecule has 0 aliphatic carbocycles. The third-order valence-electron chi connectivity index (χ3n) is 4.31. The van der Waals surface area contributed by atoms with Crippen LogP contribution in [0.4, 0.5) is 0 Å². The van der Waals surface area contributed by atoms with Crippen molar-refractivity contribution in [3.05, 3.63) is 10.4 Å². The molecular formula is C15H23N7O2. The van der Waals surface area contributed by atoms with Gasteiger partial charge in [0.15, 0.2) is 0 Å². The molecule has 2 aliphatic heterocycles. The summed E-state index contributed by atoms with van der Waals surface area (Å²) in [4.78, 5) is 26.3. The summed E-state index contributed by atoms with van der Waals surface area (Å²) in [5.41, 5.74) is 9.85. The predicted octanol–water partition coefficient (Wildman–Crippen LogP) is 2.30. The van der Waals surface area contributed by atoms with Gasteiger partial charge in [-0.2, -0.15) is 10.2 Å². The van der Waals surface area contributed by atoms with Gasteiger partial charge in [0.2, 0.25) is 11.8 Å². The number of carbonyl (C=O) groups is 2. The lowest BCUT2D eigenvalue weighted by molar-refractivity contribution is -0.128. The minimum absolute atomic E-state index is 0.0253. The third kappa shape index (κ3) is 4.55. The summed E-state index contributed by atoms with van der Waals surface area (Å²) in [6.45, 7) is 0.526. The molecule has 2 amide bonds. The maximum absolute atomic E-state index is 11.8. The van der Waals surface area contributed by atoms with Gasteiger partial charge in [0, 0.05) is 31.5 Å². The van der Waals surface area contributed by atoms with Crippen LogP contribution in [-0.2, 0) is 9.59 Å². The zero-order valence-corrected chi connectivity index (χ0v) is 14.2. The Kier molecular flexibility index (Phi) is 6.31. The van der Waals surface area contributed by atoms with Crippen LogP contribution in [0.3, 0.4) is 0 Å². The first-order valence-electron chi connectivity index (χ1n) is 8.21. The van der Waals surface area contributed by atoms with E-state index in [1.165, 1.54) is 10.0 Å². The van der Waals surface area contributed by atoms with Crippen molar-refractivity contribution in [3.8, 4) is 0 Å². The molecule has 0 saturated carbocycles. The van der Waals surface area contributed by atoms with E-state index in [0.717, 1.165) is 43.5 Å². The lowest BCUT2D eigenvalue weighted by Crippen LogP contribution is -2.23. The Balaban J connectivity index is 1.93. The fourth-order valence-corrected chi connectivity index (χ4v) is 2.95. The lowest BCUT2D eigenvalue weighted by Gasteiger charge is -2.15. The summed E-state index contributed by atoms with van der Waals surface area (Å²) in [6, 6.07) is 0. The van der Waals surface area contributed by atoms with Crippen LogP contribution in [0.2, 0.25) is 0 Å². The van der Waals surface area contributed by atoms with Gasteiger partial charge >= 0.3 is 0 Å². The normalized spacial score (nSPS) is 17.5. The Morgan fingerprint density at radius 2 is 1.58 bits per heavy atom. The molecule has 0 aromatic rings. The standard InChI is InChI=1S/C15H23N7O2/c1-21-14(23)9-12(18-21)11(13-10-15(24)22(2)19-13)7-5-3-4-6-8-17-20-16/h11H,3-10H2,1-2H3. The van der Waals surface area contributed by atoms with Crippen LogP contribution >= 0.6 is 0 Å². The van der Waals surface area contributed by atoms with E-state index in [0.29, 0.717) is 19.4 Å². The molecule has 0 bridgehead atoms. The van der Waals surface area contributed by atoms with E-state index in [2.05, 4.69) is 20.2 Å². The molecule has 0 saturated heterocycles. The number of hydrogen-bond donors (Lipinski definition) is 0. The number of unbranched alkanes of at least 4 members (excludes halogenated alkanes) is 3. The van der Waals surface area contributed by atoms with Crippen molar-refractivity contribution in [2.75, 3.05) is 20.6 Å². The second kappa shape index (κ2) is 8.44. The van der Waals surface area contributed by atoms with Crippen molar-refractivity contribution in [1.29, 1.82) is 0 Å². The van der Waals surface area contributed by atoms with Crippen molar-refractivity contribution in [3.63, 3.8) is 0 Å². The van der Waals surface area contributed by atoms with Gasteiger partial charge < -0.3 is 0 Å². The lowest BCUT2D eigenvalue weighted by atomic mass is 9.88. The molecule has 9 nitrogen and oxygen atoms in total. The number of carbonyl (C=O) groups excluding carboxylic acids is 2. The molecule has 0 unspecified atom stereocenters. The number of hydrazone groups is 2. The van der Waals surface area contributed by atoms with Gasteiger partial charge in [0.25, 0.3) is 0 Å². The zero-order valence-electron chi connectivity index (χ0n) is 14.2. The van der Waals surface area contributed by atoms with Crippen LogP contribution in [0, 0.1) is 5.92 Å². The average Bonchev–Trinajstić information content (AvgIpc) is 3.05. The maximum Gasteiger partial charge on any atom is 0.248 e. The monoisotopic (exact) mass is 333 g/mol. The van der Waals surface area contributed by atoms with Gasteiger partial charge in [-0.05, 0) is 18.4 Å². The molecule has 0 N–H and O–H groups in total. The topological polar surface area (TPSA) is 114 Å². The van der Waals surface area contributed by atoms with Crippen molar-refractivity contribution in [2.45, 2.75) is 44.9 Å². The third-order valence-corrected chi connectivity index (χ3v) is 4.31. The van der Waals surface area contributed by atoms with E-state index < -0.39 is 0 Å². The Morgan fingerprint density at radius 1 is 1.04 bits per heavy atom. The number of amides is 2. The first kappa shape index (κ1) is 17.9. The van der Waals surface area contributed by atoms with E-state index in [4.69, 9.17) is 5.53 Å². The Labute approximate surface area is 141 Å². The summed E-state index contributed by atoms with van der Waals surface area (Å²) in [6.07, 6.45) is 5.24. The fraction of sp³-hybridized carbons (Fsp3) is 0.733. The molecule has 2 rings (SSSR count). The zero-order chi connectivity index (χ0) is 17.5. The van der Waals surface area contributed by atoms with Gasteiger partial charge in [-0.3, -0.25) is 9.59 Å². The summed E-state index contributed by atoms with van der Waals surface area (Å²) < 4.78 is 0. The number of azide groups is 1. The van der Waals surface area contributed by atoms with Crippen LogP contribution in [-0.4, -0.2) is 53.9 Å². The minimum atomic E-state index is -0.0510. The van der Waals surface area contributed by atoms with E-state index in [-0.39, 0.29) is 17.7 Å². The molecule has 0 aromatic heterocycles. The van der Waals surface area contributed by atoms with Gasteiger partial charge in [-0.1, -0.05) is 24.4 Å². The van der Waals surface area contributed by atoms with E-state index >= 15 is 0 Å². The first-order valence-corrected chi connectivity index (χ1v) is 8.21. The number of hydrogen-bond acceptors (Lipinski definition) is 5. The number of rotatable bonds is 9. The highest BCUT2D eigenvalue weighted by atomic mass is 16.2. The molecule has 0 radical (unpaired) electrons. The fourth-order valence-electron chi connectivity index (χ4n) is 2.95. The summed E-state index contributed by atoms with van der Waals surface area (Å²) in [5, 5.41) is 14.9. The van der Waals surface area contributed by atoms with Crippen molar-refractivity contribution < 1.29 is 9.59 Å². The quantitative estimate of drug-likeness (QED) is 0.279. The largest absolute Gasteiger partial charge is 0.273 e. The SMILES string of the molecule is CN1N=C(C(CCCCCCN=[N+]=[N-])C2=NN(C)C(=O)C2)CC1=O. The molecule has 130 valence electrons. The highest BCUT2D eigenvalue weighted by molar-refractivity contribution is 6.19. The molecule has 2 heterocycles. The van der Waals surface area contributed by atoms with Crippen LogP contribution in [0.5, 0.6) is 0 Å². The van der Waals surface area contributed by atoms with Gasteiger partial charge in [0.05, 0.1) is 24.3 Å². The molecule has 0 spiro atoms. The van der Waals surface area contributed by atoms with Crippen LogP contribution in [0.25, 0.3) is 10.4 Å². The first-order chi connectivity index (χ1) is 11.5. The van der Waals surface area contributed by atoms with Crippen LogP contribution < -0.4 is 0 Å². The summed E-state index contributed by atoms with van der Waals surface area (Å²) >= 11 is 0. The highest BCUT2D eigenvalue weighted by Gasteiger charge is 2.34. The summed E-state index contributed by atoms with van der Waals surface area (Å²) in [5.74, 6) is -0.102. The average molecular weight is 333 g/mol. The molecule has 2 aliphatic rings. The van der Waals surface area contributed by atoms with Gasteiger partial charge in [-0.25, -0.2) is 10.0 Å². The molecule has 24 heavy (non-hydrogen) atoms. The Bertz CT molecular complexity index is 569. The smallest absolute Gasteiger partial charge is 0.248 e. The summed E-state index contributed by atoms with van der Waals surface area (Å²) in [7, 11) is 3.30. The van der Waals surface area contributed by atoms with E-state index in [1.807, 2.05) is 0 Å². The Hall–Kier alpha value is -2.41. The molecule has 0 atom stereocenters. The van der Waals surface area contributed by atoms with E-state index in [1.54, 1.807) is 14.1 Å². The van der Waals surface area contributed by atoms with Gasteiger partial charge in [0.1, 0.15) is 0 Å². The predicted molar refractivity (Wildman–Crippen MR) is 90.2 cm³/mol. The molecular weight excluding hydrogens is 310 g/mol. The highest BCUT2D eigenvalue weighted by Crippen LogP contribution is 2.25. The van der Waals surface area contributed by atoms with Gasteiger partial charge in [-0.15, -0.1) is 0 Å². The molecule has 0 fully saturated rings. The van der Waals surface area contributed by atoms with E-state index in [9.17, 15) is 9.59 Å². The van der Waals surface area contributed by atoms with Crippen molar-refractivity contribution in [1.82, 2.24) is 10.0 Å².